The first-order chi connectivity index (χ1) is 9.11. The van der Waals surface area contributed by atoms with Crippen LogP contribution in [0.1, 0.15) is 29.8 Å². The molecule has 0 aliphatic carbocycles. The second kappa shape index (κ2) is 5.89. The van der Waals surface area contributed by atoms with E-state index in [-0.39, 0.29) is 12.0 Å². The molecule has 2 aromatic rings. The van der Waals surface area contributed by atoms with Crippen LogP contribution in [0.25, 0.3) is 0 Å². The van der Waals surface area contributed by atoms with Crippen molar-refractivity contribution < 1.29 is 8.78 Å². The van der Waals surface area contributed by atoms with Gasteiger partial charge in [-0.3, -0.25) is 4.98 Å². The molecule has 0 amide bonds. The lowest BCUT2D eigenvalue weighted by Gasteiger charge is -2.15. The van der Waals surface area contributed by atoms with Gasteiger partial charge in [0.25, 0.3) is 0 Å². The Hall–Kier alpha value is -1.81. The molecular formula is C15H16F2N2. The van der Waals surface area contributed by atoms with Crippen LogP contribution in [0.15, 0.2) is 36.5 Å². The number of aromatic nitrogens is 1. The Kier molecular flexibility index (Phi) is 4.22. The summed E-state index contributed by atoms with van der Waals surface area (Å²) in [4.78, 5) is 4.26. The van der Waals surface area contributed by atoms with Gasteiger partial charge >= 0.3 is 0 Å². The zero-order chi connectivity index (χ0) is 13.8. The molecule has 19 heavy (non-hydrogen) atoms. The highest BCUT2D eigenvalue weighted by molar-refractivity contribution is 5.26. The number of nitrogens with zero attached hydrogens (tertiary/aromatic N) is 1. The van der Waals surface area contributed by atoms with Crippen molar-refractivity contribution in [3.63, 3.8) is 0 Å². The van der Waals surface area contributed by atoms with Gasteiger partial charge in [0.1, 0.15) is 11.6 Å². The van der Waals surface area contributed by atoms with E-state index in [0.29, 0.717) is 0 Å². The summed E-state index contributed by atoms with van der Waals surface area (Å²) < 4.78 is 26.7. The van der Waals surface area contributed by atoms with Gasteiger partial charge in [0.15, 0.2) is 0 Å². The molecule has 0 bridgehead atoms. The van der Waals surface area contributed by atoms with E-state index in [0.717, 1.165) is 29.8 Å². The first kappa shape index (κ1) is 13.6. The Balaban J connectivity index is 2.25. The normalized spacial score (nSPS) is 12.4. The predicted molar refractivity (Wildman–Crippen MR) is 70.6 cm³/mol. The Morgan fingerprint density at radius 1 is 1.21 bits per heavy atom. The molecule has 100 valence electrons. The molecule has 4 heteroatoms. The average molecular weight is 262 g/mol. The summed E-state index contributed by atoms with van der Waals surface area (Å²) in [5.41, 5.74) is 8.13. The Morgan fingerprint density at radius 3 is 2.74 bits per heavy atom. The van der Waals surface area contributed by atoms with E-state index in [4.69, 9.17) is 5.73 Å². The fourth-order valence-electron chi connectivity index (χ4n) is 2.12. The van der Waals surface area contributed by atoms with Crippen molar-refractivity contribution in [1.82, 2.24) is 4.98 Å². The van der Waals surface area contributed by atoms with Crippen LogP contribution in [0.5, 0.6) is 0 Å². The molecule has 0 radical (unpaired) electrons. The van der Waals surface area contributed by atoms with Crippen molar-refractivity contribution in [2.45, 2.75) is 25.8 Å². The van der Waals surface area contributed by atoms with Gasteiger partial charge in [-0.25, -0.2) is 8.78 Å². The van der Waals surface area contributed by atoms with Crippen LogP contribution >= 0.6 is 0 Å². The van der Waals surface area contributed by atoms with Gasteiger partial charge in [-0.1, -0.05) is 13.0 Å². The van der Waals surface area contributed by atoms with Crippen molar-refractivity contribution in [1.29, 1.82) is 0 Å². The average Bonchev–Trinajstić information content (AvgIpc) is 2.42. The summed E-state index contributed by atoms with van der Waals surface area (Å²) in [6.45, 7) is 2.01. The third-order valence-electron chi connectivity index (χ3n) is 3.11. The third-order valence-corrected chi connectivity index (χ3v) is 3.11. The van der Waals surface area contributed by atoms with Gasteiger partial charge in [-0.2, -0.15) is 0 Å². The first-order valence-corrected chi connectivity index (χ1v) is 6.25. The third kappa shape index (κ3) is 3.15. The Labute approximate surface area is 111 Å². The molecule has 1 aromatic carbocycles. The van der Waals surface area contributed by atoms with Gasteiger partial charge < -0.3 is 5.73 Å². The molecule has 2 nitrogen and oxygen atoms in total. The van der Waals surface area contributed by atoms with Crippen LogP contribution in [0.2, 0.25) is 0 Å². The maximum absolute atomic E-state index is 13.6. The molecule has 0 saturated heterocycles. The van der Waals surface area contributed by atoms with Gasteiger partial charge in [0.2, 0.25) is 0 Å². The molecule has 0 aliphatic rings. The number of benzene rings is 1. The number of aryl methyl sites for hydroxylation is 1. The zero-order valence-corrected chi connectivity index (χ0v) is 10.7. The summed E-state index contributed by atoms with van der Waals surface area (Å²) in [6, 6.07) is 6.76. The predicted octanol–water partition coefficient (Wildman–Crippen LogP) is 3.16. The molecule has 0 fully saturated rings. The van der Waals surface area contributed by atoms with Crippen LogP contribution in [0.4, 0.5) is 8.78 Å². The molecule has 0 aliphatic heterocycles. The summed E-state index contributed by atoms with van der Waals surface area (Å²) in [5, 5.41) is 0. The van der Waals surface area contributed by atoms with E-state index in [1.165, 1.54) is 6.07 Å². The molecule has 2 rings (SSSR count). The summed E-state index contributed by atoms with van der Waals surface area (Å²) in [6.07, 6.45) is 2.70. The van der Waals surface area contributed by atoms with Crippen LogP contribution < -0.4 is 5.73 Å². The second-order valence-electron chi connectivity index (χ2n) is 4.45. The quantitative estimate of drug-likeness (QED) is 0.919. The van der Waals surface area contributed by atoms with E-state index in [1.54, 1.807) is 6.20 Å². The fourth-order valence-corrected chi connectivity index (χ4v) is 2.12. The molecule has 1 atom stereocenters. The molecule has 1 unspecified atom stereocenters. The highest BCUT2D eigenvalue weighted by Crippen LogP contribution is 2.20. The largest absolute Gasteiger partial charge is 0.322 e. The minimum atomic E-state index is -0.458. The molecular weight excluding hydrogens is 246 g/mol. The number of hydrogen-bond acceptors (Lipinski definition) is 2. The van der Waals surface area contributed by atoms with Gasteiger partial charge in [0.05, 0.1) is 11.7 Å². The van der Waals surface area contributed by atoms with Crippen molar-refractivity contribution >= 4 is 0 Å². The number of halogens is 2. The maximum Gasteiger partial charge on any atom is 0.126 e. The lowest BCUT2D eigenvalue weighted by molar-refractivity contribution is 0.569. The molecule has 1 heterocycles. The standard InChI is InChI=1S/C15H16F2N2/c1-2-10-4-3-7-19-15(10)14(18)9-11-8-12(16)5-6-13(11)17/h3-8,14H,2,9,18H2,1H3. The summed E-state index contributed by atoms with van der Waals surface area (Å²) in [5.74, 6) is -0.897. The number of pyridine rings is 1. The molecule has 1 aromatic heterocycles. The van der Waals surface area contributed by atoms with Crippen molar-refractivity contribution in [3.05, 3.63) is 65.0 Å². The van der Waals surface area contributed by atoms with Crippen LogP contribution in [0, 0.1) is 11.6 Å². The van der Waals surface area contributed by atoms with Crippen LogP contribution in [0.3, 0.4) is 0 Å². The lowest BCUT2D eigenvalue weighted by atomic mass is 9.99. The highest BCUT2D eigenvalue weighted by atomic mass is 19.1. The Bertz CT molecular complexity index is 570. The van der Waals surface area contributed by atoms with E-state index in [1.807, 2.05) is 19.1 Å². The SMILES string of the molecule is CCc1cccnc1C(N)Cc1cc(F)ccc1F. The van der Waals surface area contributed by atoms with Crippen LogP contribution in [-0.4, -0.2) is 4.98 Å². The van der Waals surface area contributed by atoms with Crippen molar-refractivity contribution in [3.8, 4) is 0 Å². The first-order valence-electron chi connectivity index (χ1n) is 6.25. The minimum absolute atomic E-state index is 0.230. The van der Waals surface area contributed by atoms with Gasteiger partial charge in [0, 0.05) is 6.20 Å². The van der Waals surface area contributed by atoms with Gasteiger partial charge in [-0.05, 0) is 48.2 Å². The number of hydrogen-bond donors (Lipinski definition) is 1. The van der Waals surface area contributed by atoms with E-state index in [2.05, 4.69) is 4.98 Å². The zero-order valence-electron chi connectivity index (χ0n) is 10.7. The minimum Gasteiger partial charge on any atom is -0.322 e. The maximum atomic E-state index is 13.6. The summed E-state index contributed by atoms with van der Waals surface area (Å²) >= 11 is 0. The fraction of sp³-hybridized carbons (Fsp3) is 0.267. The van der Waals surface area contributed by atoms with Crippen molar-refractivity contribution in [2.24, 2.45) is 5.73 Å². The topological polar surface area (TPSA) is 38.9 Å². The number of rotatable bonds is 4. The van der Waals surface area contributed by atoms with E-state index < -0.39 is 17.7 Å². The van der Waals surface area contributed by atoms with Crippen molar-refractivity contribution in [2.75, 3.05) is 0 Å². The molecule has 0 saturated carbocycles. The summed E-state index contributed by atoms with van der Waals surface area (Å²) in [7, 11) is 0. The van der Waals surface area contributed by atoms with E-state index >= 15 is 0 Å². The van der Waals surface area contributed by atoms with Gasteiger partial charge in [-0.15, -0.1) is 0 Å². The monoisotopic (exact) mass is 262 g/mol. The van der Waals surface area contributed by atoms with E-state index in [9.17, 15) is 8.78 Å². The second-order valence-corrected chi connectivity index (χ2v) is 4.45. The smallest absolute Gasteiger partial charge is 0.126 e. The Morgan fingerprint density at radius 2 is 2.00 bits per heavy atom. The highest BCUT2D eigenvalue weighted by Gasteiger charge is 2.15. The van der Waals surface area contributed by atoms with Crippen LogP contribution in [-0.2, 0) is 12.8 Å². The molecule has 2 N–H and O–H groups in total. The molecule has 0 spiro atoms. The number of nitrogens with two attached hydrogens (primary N) is 1. The lowest BCUT2D eigenvalue weighted by Crippen LogP contribution is -2.17.